The summed E-state index contributed by atoms with van der Waals surface area (Å²) in [6.07, 6.45) is 0. The van der Waals surface area contributed by atoms with Crippen LogP contribution in [0.25, 0.3) is 11.1 Å². The number of ether oxygens (including phenoxy) is 1. The largest absolute Gasteiger partial charge is 0.478 e. The summed E-state index contributed by atoms with van der Waals surface area (Å²) < 4.78 is 5.53. The van der Waals surface area contributed by atoms with E-state index in [0.717, 1.165) is 35.6 Å². The number of rotatable bonds is 5. The zero-order valence-electron chi connectivity index (χ0n) is 17.4. The molecule has 4 rings (SSSR count). The van der Waals surface area contributed by atoms with E-state index in [0.29, 0.717) is 31.4 Å². The quantitative estimate of drug-likeness (QED) is 0.649. The molecule has 1 aliphatic heterocycles. The van der Waals surface area contributed by atoms with Crippen LogP contribution in [-0.2, 0) is 0 Å². The number of carbonyl (C=O) groups is 1. The maximum atomic E-state index is 12.9. The molecule has 1 aromatic heterocycles. The molecule has 2 heterocycles. The van der Waals surface area contributed by atoms with Crippen LogP contribution in [0.5, 0.6) is 5.88 Å². The lowest BCUT2D eigenvalue weighted by Crippen LogP contribution is -2.49. The molecule has 0 spiro atoms. The third-order valence-corrected chi connectivity index (χ3v) is 5.22. The van der Waals surface area contributed by atoms with Gasteiger partial charge in [-0.25, -0.2) is 4.98 Å². The molecule has 0 radical (unpaired) electrons. The first-order valence-corrected chi connectivity index (χ1v) is 10.3. The molecule has 2 aromatic carbocycles. The van der Waals surface area contributed by atoms with Gasteiger partial charge < -0.3 is 14.5 Å². The minimum Gasteiger partial charge on any atom is -0.478 e. The summed E-state index contributed by atoms with van der Waals surface area (Å²) in [7, 11) is 0. The maximum absolute atomic E-state index is 12.9. The Kier molecular flexibility index (Phi) is 5.93. The molecule has 0 aliphatic carbocycles. The smallest absolute Gasteiger partial charge is 0.253 e. The van der Waals surface area contributed by atoms with Crippen molar-refractivity contribution in [2.45, 2.75) is 13.8 Å². The summed E-state index contributed by atoms with van der Waals surface area (Å²) in [6.45, 7) is 7.16. The van der Waals surface area contributed by atoms with Crippen LogP contribution in [0.15, 0.2) is 60.7 Å². The molecule has 0 atom stereocenters. The van der Waals surface area contributed by atoms with Crippen molar-refractivity contribution in [2.24, 2.45) is 0 Å². The fraction of sp³-hybridized carbons (Fsp3) is 0.292. The Hall–Kier alpha value is -3.41. The Labute approximate surface area is 177 Å². The molecule has 1 fully saturated rings. The third-order valence-electron chi connectivity index (χ3n) is 5.22. The van der Waals surface area contributed by atoms with Crippen LogP contribution < -0.4 is 9.64 Å². The normalized spacial score (nSPS) is 13.9. The Bertz CT molecular complexity index is 997. The second-order valence-corrected chi connectivity index (χ2v) is 7.27. The van der Waals surface area contributed by atoms with Gasteiger partial charge in [0, 0.05) is 37.8 Å². The van der Waals surface area contributed by atoms with Gasteiger partial charge in [-0.3, -0.25) is 4.79 Å². The number of aryl methyl sites for hydroxylation is 1. The van der Waals surface area contributed by atoms with Gasteiger partial charge in [-0.2, -0.15) is 4.98 Å². The Morgan fingerprint density at radius 1 is 0.933 bits per heavy atom. The van der Waals surface area contributed by atoms with E-state index in [4.69, 9.17) is 4.74 Å². The lowest BCUT2D eigenvalue weighted by molar-refractivity contribution is 0.0746. The summed E-state index contributed by atoms with van der Waals surface area (Å²) in [4.78, 5) is 25.9. The van der Waals surface area contributed by atoms with E-state index in [1.165, 1.54) is 0 Å². The molecule has 6 nitrogen and oxygen atoms in total. The Balaban J connectivity index is 1.40. The van der Waals surface area contributed by atoms with Crippen LogP contribution in [0.2, 0.25) is 0 Å². The van der Waals surface area contributed by atoms with Gasteiger partial charge in [-0.1, -0.05) is 42.5 Å². The van der Waals surface area contributed by atoms with Crippen LogP contribution in [0, 0.1) is 6.92 Å². The van der Waals surface area contributed by atoms with Gasteiger partial charge in [0.25, 0.3) is 5.91 Å². The first kappa shape index (κ1) is 19.9. The second kappa shape index (κ2) is 8.95. The molecule has 1 aliphatic rings. The molecule has 0 N–H and O–H groups in total. The van der Waals surface area contributed by atoms with Crippen molar-refractivity contribution in [3.63, 3.8) is 0 Å². The van der Waals surface area contributed by atoms with E-state index >= 15 is 0 Å². The zero-order chi connectivity index (χ0) is 20.9. The number of amides is 1. The SMILES string of the molecule is CCOc1cc(N2CCN(C(=O)c3ccc(-c4ccccc4)cc3)CC2)nc(C)n1. The van der Waals surface area contributed by atoms with E-state index in [1.54, 1.807) is 0 Å². The summed E-state index contributed by atoms with van der Waals surface area (Å²) in [6, 6.07) is 19.9. The number of aromatic nitrogens is 2. The van der Waals surface area contributed by atoms with Crippen molar-refractivity contribution in [3.8, 4) is 17.0 Å². The number of hydrogen-bond acceptors (Lipinski definition) is 5. The number of carbonyl (C=O) groups excluding carboxylic acids is 1. The number of anilines is 1. The predicted molar refractivity (Wildman–Crippen MR) is 118 cm³/mol. The highest BCUT2D eigenvalue weighted by Gasteiger charge is 2.23. The van der Waals surface area contributed by atoms with E-state index in [-0.39, 0.29) is 5.91 Å². The fourth-order valence-electron chi connectivity index (χ4n) is 3.67. The molecular formula is C24H26N4O2. The molecule has 1 saturated heterocycles. The van der Waals surface area contributed by atoms with Gasteiger partial charge in [0.15, 0.2) is 0 Å². The van der Waals surface area contributed by atoms with Crippen molar-refractivity contribution >= 4 is 11.7 Å². The molecular weight excluding hydrogens is 376 g/mol. The van der Waals surface area contributed by atoms with E-state index < -0.39 is 0 Å². The number of piperazine rings is 1. The van der Waals surface area contributed by atoms with E-state index in [2.05, 4.69) is 27.0 Å². The van der Waals surface area contributed by atoms with Crippen molar-refractivity contribution < 1.29 is 9.53 Å². The highest BCUT2D eigenvalue weighted by Crippen LogP contribution is 2.22. The molecule has 6 heteroatoms. The molecule has 0 unspecified atom stereocenters. The van der Waals surface area contributed by atoms with Gasteiger partial charge in [0.1, 0.15) is 11.6 Å². The number of hydrogen-bond donors (Lipinski definition) is 0. The topological polar surface area (TPSA) is 58.6 Å². The van der Waals surface area contributed by atoms with Crippen LogP contribution in [0.1, 0.15) is 23.1 Å². The Morgan fingerprint density at radius 3 is 2.27 bits per heavy atom. The summed E-state index contributed by atoms with van der Waals surface area (Å²) >= 11 is 0. The summed E-state index contributed by atoms with van der Waals surface area (Å²) in [5.74, 6) is 2.21. The lowest BCUT2D eigenvalue weighted by Gasteiger charge is -2.35. The first-order chi connectivity index (χ1) is 14.6. The minimum atomic E-state index is 0.0723. The van der Waals surface area contributed by atoms with Gasteiger partial charge in [0.05, 0.1) is 6.61 Å². The van der Waals surface area contributed by atoms with Crippen molar-refractivity contribution in [2.75, 3.05) is 37.7 Å². The van der Waals surface area contributed by atoms with Gasteiger partial charge in [-0.15, -0.1) is 0 Å². The summed E-state index contributed by atoms with van der Waals surface area (Å²) in [5, 5.41) is 0. The molecule has 30 heavy (non-hydrogen) atoms. The average Bonchev–Trinajstić information content (AvgIpc) is 2.79. The van der Waals surface area contributed by atoms with Crippen LogP contribution in [-0.4, -0.2) is 53.6 Å². The maximum Gasteiger partial charge on any atom is 0.253 e. The van der Waals surface area contributed by atoms with E-state index in [9.17, 15) is 4.79 Å². The Morgan fingerprint density at radius 2 is 1.60 bits per heavy atom. The monoisotopic (exact) mass is 402 g/mol. The predicted octanol–water partition coefficient (Wildman–Crippen LogP) is 3.81. The van der Waals surface area contributed by atoms with Gasteiger partial charge in [-0.05, 0) is 37.1 Å². The summed E-state index contributed by atoms with van der Waals surface area (Å²) in [5.41, 5.74) is 2.98. The molecule has 1 amide bonds. The first-order valence-electron chi connectivity index (χ1n) is 10.3. The van der Waals surface area contributed by atoms with Crippen molar-refractivity contribution in [3.05, 3.63) is 72.1 Å². The van der Waals surface area contributed by atoms with Crippen molar-refractivity contribution in [1.29, 1.82) is 0 Å². The second-order valence-electron chi connectivity index (χ2n) is 7.27. The fourth-order valence-corrected chi connectivity index (χ4v) is 3.67. The molecule has 3 aromatic rings. The number of benzene rings is 2. The number of nitrogens with zero attached hydrogens (tertiary/aromatic N) is 4. The molecule has 0 saturated carbocycles. The van der Waals surface area contributed by atoms with Gasteiger partial charge >= 0.3 is 0 Å². The average molecular weight is 402 g/mol. The highest BCUT2D eigenvalue weighted by atomic mass is 16.5. The van der Waals surface area contributed by atoms with Gasteiger partial charge in [0.2, 0.25) is 5.88 Å². The molecule has 154 valence electrons. The third kappa shape index (κ3) is 4.43. The standard InChI is InChI=1S/C24H26N4O2/c1-3-30-23-17-22(25-18(2)26-23)27-13-15-28(16-14-27)24(29)21-11-9-20(10-12-21)19-7-5-4-6-8-19/h4-12,17H,3,13-16H2,1-2H3. The zero-order valence-corrected chi connectivity index (χ0v) is 17.4. The minimum absolute atomic E-state index is 0.0723. The highest BCUT2D eigenvalue weighted by molar-refractivity contribution is 5.94. The lowest BCUT2D eigenvalue weighted by atomic mass is 10.0. The van der Waals surface area contributed by atoms with Crippen molar-refractivity contribution in [1.82, 2.24) is 14.9 Å². The van der Waals surface area contributed by atoms with E-state index in [1.807, 2.05) is 67.3 Å². The van der Waals surface area contributed by atoms with Crippen LogP contribution >= 0.6 is 0 Å². The van der Waals surface area contributed by atoms with Crippen LogP contribution in [0.4, 0.5) is 5.82 Å². The van der Waals surface area contributed by atoms with Crippen LogP contribution in [0.3, 0.4) is 0 Å². The molecule has 0 bridgehead atoms.